The number of hydrogen-bond donors (Lipinski definition) is 1. The molecule has 0 aliphatic heterocycles. The molecule has 0 amide bonds. The second-order valence-corrected chi connectivity index (χ2v) is 5.55. The van der Waals surface area contributed by atoms with E-state index in [-0.39, 0.29) is 6.42 Å². The van der Waals surface area contributed by atoms with Crippen LogP contribution in [0.15, 0.2) is 18.2 Å². The average Bonchev–Trinajstić information content (AvgIpc) is 2.33. The van der Waals surface area contributed by atoms with Crippen LogP contribution in [0.5, 0.6) is 0 Å². The summed E-state index contributed by atoms with van der Waals surface area (Å²) < 4.78 is 38.9. The van der Waals surface area contributed by atoms with Crippen molar-refractivity contribution in [3.8, 4) is 0 Å². The van der Waals surface area contributed by atoms with Crippen LogP contribution >= 0.6 is 11.6 Å². The molecule has 2 atom stereocenters. The second kappa shape index (κ2) is 5.61. The van der Waals surface area contributed by atoms with Gasteiger partial charge in [-0.3, -0.25) is 0 Å². The van der Waals surface area contributed by atoms with Gasteiger partial charge in [0, 0.05) is 16.8 Å². The normalized spacial score (nSPS) is 24.3. The van der Waals surface area contributed by atoms with Gasteiger partial charge in [-0.1, -0.05) is 30.5 Å². The first-order valence-electron chi connectivity index (χ1n) is 6.47. The third-order valence-electron chi connectivity index (χ3n) is 3.71. The topological polar surface area (TPSA) is 12.0 Å². The smallest absolute Gasteiger partial charge is 0.382 e. The fraction of sp³-hybridized carbons (Fsp3) is 0.571. The van der Waals surface area contributed by atoms with Crippen molar-refractivity contribution >= 4 is 17.3 Å². The van der Waals surface area contributed by atoms with Crippen LogP contribution in [0.25, 0.3) is 0 Å². The molecule has 1 nitrogen and oxygen atoms in total. The van der Waals surface area contributed by atoms with Crippen LogP contribution in [0.2, 0.25) is 5.02 Å². The second-order valence-electron chi connectivity index (χ2n) is 5.15. The summed E-state index contributed by atoms with van der Waals surface area (Å²) in [6.07, 6.45) is -1.89. The molecule has 2 unspecified atom stereocenters. The van der Waals surface area contributed by atoms with Gasteiger partial charge in [0.15, 0.2) is 0 Å². The Balaban J connectivity index is 2.13. The lowest BCUT2D eigenvalue weighted by Gasteiger charge is -2.34. The van der Waals surface area contributed by atoms with Gasteiger partial charge in [-0.05, 0) is 37.5 Å². The number of alkyl halides is 3. The highest BCUT2D eigenvalue weighted by Crippen LogP contribution is 2.39. The first kappa shape index (κ1) is 14.5. The predicted molar refractivity (Wildman–Crippen MR) is 71.6 cm³/mol. The summed E-state index contributed by atoms with van der Waals surface area (Å²) in [5.41, 5.74) is 1.58. The fourth-order valence-electron chi connectivity index (χ4n) is 2.59. The molecule has 0 spiro atoms. The van der Waals surface area contributed by atoms with Crippen molar-refractivity contribution in [1.29, 1.82) is 0 Å². The van der Waals surface area contributed by atoms with Crippen LogP contribution in [0.1, 0.15) is 31.2 Å². The molecule has 0 radical (unpaired) electrons. The Morgan fingerprint density at radius 1 is 1.21 bits per heavy atom. The molecule has 0 aromatic heterocycles. The van der Waals surface area contributed by atoms with E-state index in [9.17, 15) is 13.2 Å². The van der Waals surface area contributed by atoms with Crippen LogP contribution in [0, 0.1) is 12.8 Å². The van der Waals surface area contributed by atoms with E-state index >= 15 is 0 Å². The van der Waals surface area contributed by atoms with Crippen LogP contribution in [0.3, 0.4) is 0 Å². The molecule has 19 heavy (non-hydrogen) atoms. The molecule has 5 heteroatoms. The Labute approximate surface area is 116 Å². The summed E-state index contributed by atoms with van der Waals surface area (Å²) >= 11 is 6.00. The van der Waals surface area contributed by atoms with Gasteiger partial charge in [0.1, 0.15) is 0 Å². The Morgan fingerprint density at radius 3 is 2.53 bits per heavy atom. The molecule has 0 bridgehead atoms. The maximum absolute atomic E-state index is 13.0. The van der Waals surface area contributed by atoms with Gasteiger partial charge in [0.2, 0.25) is 0 Å². The summed E-state index contributed by atoms with van der Waals surface area (Å²) in [6.45, 7) is 1.87. The zero-order valence-corrected chi connectivity index (χ0v) is 11.5. The van der Waals surface area contributed by atoms with E-state index in [1.807, 2.05) is 13.0 Å². The molecule has 1 aliphatic carbocycles. The number of rotatable bonds is 2. The van der Waals surface area contributed by atoms with Crippen LogP contribution in [0.4, 0.5) is 18.9 Å². The molecule has 2 rings (SSSR count). The Morgan fingerprint density at radius 2 is 1.89 bits per heavy atom. The van der Waals surface area contributed by atoms with Gasteiger partial charge >= 0.3 is 6.18 Å². The van der Waals surface area contributed by atoms with Crippen molar-refractivity contribution in [1.82, 2.24) is 0 Å². The van der Waals surface area contributed by atoms with Crippen molar-refractivity contribution in [2.24, 2.45) is 5.92 Å². The summed E-state index contributed by atoms with van der Waals surface area (Å²) in [5, 5.41) is 3.57. The molecule has 0 saturated heterocycles. The Bertz CT molecular complexity index is 445. The zero-order valence-electron chi connectivity index (χ0n) is 10.7. The van der Waals surface area contributed by atoms with E-state index in [4.69, 9.17) is 11.6 Å². The molecular weight excluding hydrogens is 275 g/mol. The summed E-state index contributed by atoms with van der Waals surface area (Å²) in [6, 6.07) is 4.74. The number of nitrogens with one attached hydrogen (secondary N) is 1. The number of benzene rings is 1. The minimum absolute atomic E-state index is 0.209. The minimum Gasteiger partial charge on any atom is -0.382 e. The number of aryl methyl sites for hydroxylation is 1. The van der Waals surface area contributed by atoms with Gasteiger partial charge in [0.05, 0.1) is 5.92 Å². The van der Waals surface area contributed by atoms with Gasteiger partial charge in [-0.25, -0.2) is 0 Å². The molecule has 1 N–H and O–H groups in total. The Hall–Kier alpha value is -0.900. The van der Waals surface area contributed by atoms with Crippen molar-refractivity contribution in [3.63, 3.8) is 0 Å². The first-order chi connectivity index (χ1) is 8.88. The third kappa shape index (κ3) is 3.56. The zero-order chi connectivity index (χ0) is 14.0. The highest BCUT2D eigenvalue weighted by Gasteiger charge is 2.45. The van der Waals surface area contributed by atoms with Gasteiger partial charge in [-0.15, -0.1) is 0 Å². The maximum Gasteiger partial charge on any atom is 0.393 e. The lowest BCUT2D eigenvalue weighted by molar-refractivity contribution is -0.184. The SMILES string of the molecule is Cc1ccc(NC2CCCCC2C(F)(F)F)cc1Cl. The number of anilines is 1. The highest BCUT2D eigenvalue weighted by atomic mass is 35.5. The van der Waals surface area contributed by atoms with Crippen molar-refractivity contribution in [2.45, 2.75) is 44.8 Å². The number of halogens is 4. The standard InChI is InChI=1S/C14H17ClF3N/c1-9-6-7-10(8-12(9)15)19-13-5-3-2-4-11(13)14(16,17)18/h6-8,11,13,19H,2-5H2,1H3. The van der Waals surface area contributed by atoms with Gasteiger partial charge in [0.25, 0.3) is 0 Å². The molecule has 1 aliphatic rings. The molecule has 1 saturated carbocycles. The highest BCUT2D eigenvalue weighted by molar-refractivity contribution is 6.31. The maximum atomic E-state index is 13.0. The van der Waals surface area contributed by atoms with Crippen molar-refractivity contribution < 1.29 is 13.2 Å². The van der Waals surface area contributed by atoms with Crippen molar-refractivity contribution in [3.05, 3.63) is 28.8 Å². The first-order valence-corrected chi connectivity index (χ1v) is 6.85. The molecule has 1 fully saturated rings. The number of hydrogen-bond acceptors (Lipinski definition) is 1. The molecule has 106 valence electrons. The molecular formula is C14H17ClF3N. The summed E-state index contributed by atoms with van der Waals surface area (Å²) in [7, 11) is 0. The van der Waals surface area contributed by atoms with Gasteiger partial charge in [-0.2, -0.15) is 13.2 Å². The van der Waals surface area contributed by atoms with Crippen LogP contribution in [-0.2, 0) is 0 Å². The quantitative estimate of drug-likeness (QED) is 0.791. The van der Waals surface area contributed by atoms with Crippen LogP contribution in [-0.4, -0.2) is 12.2 Å². The van der Waals surface area contributed by atoms with E-state index in [1.165, 1.54) is 0 Å². The predicted octanol–water partition coefficient (Wildman–Crippen LogP) is 5.18. The summed E-state index contributed by atoms with van der Waals surface area (Å²) in [5.74, 6) is -1.26. The minimum atomic E-state index is -4.13. The monoisotopic (exact) mass is 291 g/mol. The van der Waals surface area contributed by atoms with E-state index in [2.05, 4.69) is 5.32 Å². The third-order valence-corrected chi connectivity index (χ3v) is 4.12. The van der Waals surface area contributed by atoms with Gasteiger partial charge < -0.3 is 5.32 Å². The lowest BCUT2D eigenvalue weighted by atomic mass is 9.84. The molecule has 1 aromatic rings. The van der Waals surface area contributed by atoms with E-state index < -0.39 is 18.1 Å². The average molecular weight is 292 g/mol. The summed E-state index contributed by atoms with van der Waals surface area (Å²) in [4.78, 5) is 0. The van der Waals surface area contributed by atoms with E-state index in [0.29, 0.717) is 23.6 Å². The van der Waals surface area contributed by atoms with Crippen LogP contribution < -0.4 is 5.32 Å². The van der Waals surface area contributed by atoms with Crippen molar-refractivity contribution in [2.75, 3.05) is 5.32 Å². The largest absolute Gasteiger partial charge is 0.393 e. The van der Waals surface area contributed by atoms with E-state index in [1.54, 1.807) is 12.1 Å². The molecule has 0 heterocycles. The lowest BCUT2D eigenvalue weighted by Crippen LogP contribution is -2.41. The molecule has 1 aromatic carbocycles. The van der Waals surface area contributed by atoms with E-state index in [0.717, 1.165) is 12.0 Å². The fourth-order valence-corrected chi connectivity index (χ4v) is 2.77. The Kier molecular flexibility index (Phi) is 4.29.